The third kappa shape index (κ3) is 6.41. The second-order valence-electron chi connectivity index (χ2n) is 7.47. The molecule has 2 aromatic rings. The monoisotopic (exact) mass is 471 g/mol. The number of rotatable bonds is 13. The number of hydrogen-bond acceptors (Lipinski definition) is 2. The molecule has 1 aromatic heterocycles. The minimum absolute atomic E-state index is 0.0115. The van der Waals surface area contributed by atoms with Gasteiger partial charge in [0.2, 0.25) is 0 Å². The molecule has 2 rings (SSSR count). The summed E-state index contributed by atoms with van der Waals surface area (Å²) in [6.07, 6.45) is 11.0. The molecule has 0 aliphatic carbocycles. The standard InChI is InChI=1S/C22H31BrClNO3/c1-2-3-4-5-6-7-8-12-17(23)22(24)19(14-21(27)28)25-15-20(26)16-11-9-10-13-18(16)25/h9-11,13,15,17,19,22,26H,2-8,12,14H2,1H3,(H,27,28). The molecule has 4 nitrogen and oxygen atoms in total. The SMILES string of the molecule is CCCCCCCCCC(Br)C(Cl)C(CC(=O)O)n1cc(O)c2ccccc21. The largest absolute Gasteiger partial charge is 0.506 e. The zero-order valence-corrected chi connectivity index (χ0v) is 18.8. The van der Waals surface area contributed by atoms with Gasteiger partial charge in [0.15, 0.2) is 0 Å². The second kappa shape index (κ2) is 11.7. The number of aromatic hydroxyl groups is 1. The molecule has 0 spiro atoms. The van der Waals surface area contributed by atoms with Gasteiger partial charge in [-0.05, 0) is 18.6 Å². The van der Waals surface area contributed by atoms with Crippen LogP contribution in [0.25, 0.3) is 10.9 Å². The molecule has 0 amide bonds. The lowest BCUT2D eigenvalue weighted by Gasteiger charge is -2.27. The van der Waals surface area contributed by atoms with Gasteiger partial charge in [-0.25, -0.2) is 0 Å². The fourth-order valence-electron chi connectivity index (χ4n) is 3.70. The molecule has 3 unspecified atom stereocenters. The van der Waals surface area contributed by atoms with Crippen molar-refractivity contribution in [3.63, 3.8) is 0 Å². The van der Waals surface area contributed by atoms with Crippen LogP contribution in [0, 0.1) is 0 Å². The maximum absolute atomic E-state index is 11.5. The van der Waals surface area contributed by atoms with Crippen LogP contribution in [0.15, 0.2) is 30.5 Å². The maximum atomic E-state index is 11.5. The van der Waals surface area contributed by atoms with Gasteiger partial charge >= 0.3 is 5.97 Å². The van der Waals surface area contributed by atoms with Crippen molar-refractivity contribution in [2.45, 2.75) is 81.0 Å². The van der Waals surface area contributed by atoms with E-state index in [0.717, 1.165) is 18.4 Å². The van der Waals surface area contributed by atoms with E-state index in [1.807, 2.05) is 28.8 Å². The Morgan fingerprint density at radius 1 is 1.14 bits per heavy atom. The van der Waals surface area contributed by atoms with Gasteiger partial charge in [0.05, 0.1) is 23.4 Å². The van der Waals surface area contributed by atoms with Crippen LogP contribution in [-0.2, 0) is 4.79 Å². The number of halogens is 2. The molecule has 1 heterocycles. The van der Waals surface area contributed by atoms with Crippen LogP contribution in [0.1, 0.15) is 70.8 Å². The van der Waals surface area contributed by atoms with Crippen LogP contribution in [-0.4, -0.2) is 31.0 Å². The zero-order valence-electron chi connectivity index (χ0n) is 16.5. The molecule has 6 heteroatoms. The number of aromatic nitrogens is 1. The first-order chi connectivity index (χ1) is 13.5. The minimum atomic E-state index is -0.899. The van der Waals surface area contributed by atoms with Gasteiger partial charge in [-0.1, -0.05) is 79.9 Å². The number of hydrogen-bond donors (Lipinski definition) is 2. The number of benzene rings is 1. The van der Waals surface area contributed by atoms with E-state index in [0.29, 0.717) is 5.39 Å². The Morgan fingerprint density at radius 2 is 1.79 bits per heavy atom. The Kier molecular flexibility index (Phi) is 9.66. The number of carboxylic acids is 1. The van der Waals surface area contributed by atoms with E-state index in [2.05, 4.69) is 22.9 Å². The lowest BCUT2D eigenvalue weighted by atomic mass is 10.0. The molecule has 0 aliphatic rings. The predicted molar refractivity (Wildman–Crippen MR) is 120 cm³/mol. The van der Waals surface area contributed by atoms with Crippen molar-refractivity contribution in [2.24, 2.45) is 0 Å². The molecule has 2 N–H and O–H groups in total. The summed E-state index contributed by atoms with van der Waals surface area (Å²) in [7, 11) is 0. The quantitative estimate of drug-likeness (QED) is 0.247. The fraction of sp³-hybridized carbons (Fsp3) is 0.591. The Labute approximate surface area is 181 Å². The van der Waals surface area contributed by atoms with Gasteiger partial charge in [0, 0.05) is 16.4 Å². The van der Waals surface area contributed by atoms with Crippen molar-refractivity contribution in [3.8, 4) is 5.75 Å². The molecule has 28 heavy (non-hydrogen) atoms. The normalized spacial score (nSPS) is 14.8. The van der Waals surface area contributed by atoms with E-state index in [1.54, 1.807) is 6.20 Å². The van der Waals surface area contributed by atoms with Gasteiger partial charge in [-0.2, -0.15) is 0 Å². The summed E-state index contributed by atoms with van der Waals surface area (Å²) in [6, 6.07) is 6.99. The van der Waals surface area contributed by atoms with Gasteiger partial charge in [-0.3, -0.25) is 4.79 Å². The first kappa shape index (κ1) is 23.1. The summed E-state index contributed by atoms with van der Waals surface area (Å²) < 4.78 is 1.81. The van der Waals surface area contributed by atoms with Gasteiger partial charge < -0.3 is 14.8 Å². The molecule has 0 saturated carbocycles. The zero-order chi connectivity index (χ0) is 20.5. The summed E-state index contributed by atoms with van der Waals surface area (Å²) in [5.41, 5.74) is 0.799. The van der Waals surface area contributed by atoms with Gasteiger partial charge in [0.1, 0.15) is 5.75 Å². The van der Waals surface area contributed by atoms with Crippen molar-refractivity contribution in [1.82, 2.24) is 4.57 Å². The van der Waals surface area contributed by atoms with Gasteiger partial charge in [-0.15, -0.1) is 11.6 Å². The van der Waals surface area contributed by atoms with Crippen molar-refractivity contribution in [1.29, 1.82) is 0 Å². The van der Waals surface area contributed by atoms with Crippen molar-refractivity contribution < 1.29 is 15.0 Å². The van der Waals surface area contributed by atoms with Crippen molar-refractivity contribution in [3.05, 3.63) is 30.5 Å². The molecule has 0 radical (unpaired) electrons. The number of fused-ring (bicyclic) bond motifs is 1. The Hall–Kier alpha value is -1.20. The molecule has 0 fully saturated rings. The van der Waals surface area contributed by atoms with E-state index in [1.165, 1.54) is 38.5 Å². The molecule has 156 valence electrons. The molecule has 1 aromatic carbocycles. The highest BCUT2D eigenvalue weighted by molar-refractivity contribution is 9.09. The second-order valence-corrected chi connectivity index (χ2v) is 9.15. The third-order valence-electron chi connectivity index (χ3n) is 5.26. The summed E-state index contributed by atoms with van der Waals surface area (Å²) >= 11 is 10.4. The average molecular weight is 473 g/mol. The van der Waals surface area contributed by atoms with Crippen molar-refractivity contribution in [2.75, 3.05) is 0 Å². The average Bonchev–Trinajstić information content (AvgIpc) is 3.01. The third-order valence-corrected chi connectivity index (χ3v) is 7.18. The maximum Gasteiger partial charge on any atom is 0.305 e. The lowest BCUT2D eigenvalue weighted by molar-refractivity contribution is -0.137. The van der Waals surface area contributed by atoms with E-state index in [9.17, 15) is 15.0 Å². The molecular weight excluding hydrogens is 442 g/mol. The van der Waals surface area contributed by atoms with Gasteiger partial charge in [0.25, 0.3) is 0 Å². The van der Waals surface area contributed by atoms with E-state index in [-0.39, 0.29) is 17.0 Å². The molecule has 0 aliphatic heterocycles. The van der Waals surface area contributed by atoms with E-state index in [4.69, 9.17) is 11.6 Å². The van der Waals surface area contributed by atoms with E-state index >= 15 is 0 Å². The first-order valence-corrected chi connectivity index (χ1v) is 11.6. The highest BCUT2D eigenvalue weighted by atomic mass is 79.9. The molecule has 0 bridgehead atoms. The first-order valence-electron chi connectivity index (χ1n) is 10.2. The summed E-state index contributed by atoms with van der Waals surface area (Å²) in [4.78, 5) is 11.5. The minimum Gasteiger partial charge on any atom is -0.506 e. The number of para-hydroxylation sites is 1. The number of carbonyl (C=O) groups is 1. The van der Waals surface area contributed by atoms with Crippen LogP contribution < -0.4 is 0 Å². The number of nitrogens with zero attached hydrogens (tertiary/aromatic N) is 1. The van der Waals surface area contributed by atoms with Crippen LogP contribution in [0.5, 0.6) is 5.75 Å². The smallest absolute Gasteiger partial charge is 0.305 e. The number of alkyl halides is 2. The summed E-state index contributed by atoms with van der Waals surface area (Å²) in [5.74, 6) is -0.753. The summed E-state index contributed by atoms with van der Waals surface area (Å²) in [6.45, 7) is 2.22. The lowest BCUT2D eigenvalue weighted by Crippen LogP contribution is -2.29. The van der Waals surface area contributed by atoms with Crippen molar-refractivity contribution >= 4 is 44.4 Å². The molecule has 0 saturated heterocycles. The number of unbranched alkanes of at least 4 members (excludes halogenated alkanes) is 6. The van der Waals surface area contributed by atoms with E-state index < -0.39 is 17.4 Å². The van der Waals surface area contributed by atoms with Crippen LogP contribution >= 0.6 is 27.5 Å². The molecule has 3 atom stereocenters. The topological polar surface area (TPSA) is 62.5 Å². The van der Waals surface area contributed by atoms with Crippen LogP contribution in [0.2, 0.25) is 0 Å². The highest BCUT2D eigenvalue weighted by Gasteiger charge is 2.30. The number of aliphatic carboxylic acids is 1. The Balaban J connectivity index is 2.02. The number of carboxylic acid groups (broad SMARTS) is 1. The Bertz CT molecular complexity index is 748. The molecular formula is C22H31BrClNO3. The fourth-order valence-corrected chi connectivity index (χ4v) is 4.71. The summed E-state index contributed by atoms with van der Waals surface area (Å²) in [5, 5.41) is 20.0. The Morgan fingerprint density at radius 3 is 2.46 bits per heavy atom. The highest BCUT2D eigenvalue weighted by Crippen LogP contribution is 2.36. The van der Waals surface area contributed by atoms with Crippen LogP contribution in [0.3, 0.4) is 0 Å². The predicted octanol–water partition coefficient (Wildman–Crippen LogP) is 6.87. The van der Waals surface area contributed by atoms with Crippen LogP contribution in [0.4, 0.5) is 0 Å².